The van der Waals surface area contributed by atoms with Crippen LogP contribution >= 0.6 is 11.3 Å². The predicted molar refractivity (Wildman–Crippen MR) is 70.7 cm³/mol. The number of hydrogen-bond donors (Lipinski definition) is 0. The predicted octanol–water partition coefficient (Wildman–Crippen LogP) is 2.47. The lowest BCUT2D eigenvalue weighted by atomic mass is 10.2. The van der Waals surface area contributed by atoms with Crippen LogP contribution in [0.5, 0.6) is 0 Å². The second-order valence-electron chi connectivity index (χ2n) is 3.75. The lowest BCUT2D eigenvalue weighted by Crippen LogP contribution is -2.36. The number of thiophene rings is 1. The van der Waals surface area contributed by atoms with Gasteiger partial charge >= 0.3 is 0 Å². The van der Waals surface area contributed by atoms with Crippen LogP contribution in [0.1, 0.15) is 5.56 Å². The summed E-state index contributed by atoms with van der Waals surface area (Å²) in [6, 6.07) is 11.4. The van der Waals surface area contributed by atoms with E-state index in [2.05, 4.69) is 5.10 Å². The van der Waals surface area contributed by atoms with Crippen LogP contribution in [0.15, 0.2) is 52.3 Å². The second-order valence-corrected chi connectivity index (χ2v) is 4.53. The van der Waals surface area contributed by atoms with Crippen molar-refractivity contribution in [2.45, 2.75) is 0 Å². The number of carbonyl (C=O) groups is 1. The molecule has 0 saturated carbocycles. The maximum Gasteiger partial charge on any atom is 0.285 e. The van der Waals surface area contributed by atoms with Crippen LogP contribution in [-0.2, 0) is 9.53 Å². The first-order valence-corrected chi connectivity index (χ1v) is 6.41. The Morgan fingerprint density at radius 2 is 2.06 bits per heavy atom. The van der Waals surface area contributed by atoms with Crippen molar-refractivity contribution in [3.8, 4) is 0 Å². The van der Waals surface area contributed by atoms with Crippen LogP contribution in [0.25, 0.3) is 0 Å². The lowest BCUT2D eigenvalue weighted by molar-refractivity contribution is -0.121. The van der Waals surface area contributed by atoms with Crippen molar-refractivity contribution in [2.75, 3.05) is 11.6 Å². The molecule has 0 fully saturated rings. The standard InChI is InChI=1S/C13H10N2O2S/c16-12-8-17-13(10-4-2-1-3-5-10)14-15(12)11-6-7-18-9-11/h1-7,9H,8H2. The molecule has 3 rings (SSSR count). The summed E-state index contributed by atoms with van der Waals surface area (Å²) in [5.74, 6) is 0.314. The highest BCUT2D eigenvalue weighted by Crippen LogP contribution is 2.21. The van der Waals surface area contributed by atoms with E-state index in [1.54, 1.807) is 0 Å². The molecule has 1 aromatic carbocycles. The molecule has 4 nitrogen and oxygen atoms in total. The second kappa shape index (κ2) is 4.62. The summed E-state index contributed by atoms with van der Waals surface area (Å²) in [5, 5.41) is 9.45. The van der Waals surface area contributed by atoms with Gasteiger partial charge < -0.3 is 4.74 Å². The fourth-order valence-corrected chi connectivity index (χ4v) is 2.28. The first kappa shape index (κ1) is 11.0. The minimum absolute atomic E-state index is 0.0174. The number of anilines is 1. The van der Waals surface area contributed by atoms with Gasteiger partial charge in [0.05, 0.1) is 5.69 Å². The number of amides is 1. The quantitative estimate of drug-likeness (QED) is 0.830. The van der Waals surface area contributed by atoms with Gasteiger partial charge in [0.2, 0.25) is 5.90 Å². The van der Waals surface area contributed by atoms with Crippen molar-refractivity contribution >= 4 is 28.8 Å². The zero-order chi connectivity index (χ0) is 12.4. The summed E-state index contributed by atoms with van der Waals surface area (Å²) in [7, 11) is 0. The SMILES string of the molecule is O=C1COC(c2ccccc2)=NN1c1ccsc1. The molecule has 0 aliphatic carbocycles. The fraction of sp³-hybridized carbons (Fsp3) is 0.0769. The van der Waals surface area contributed by atoms with Gasteiger partial charge in [-0.1, -0.05) is 18.2 Å². The van der Waals surface area contributed by atoms with Gasteiger partial charge in [0.15, 0.2) is 6.61 Å². The van der Waals surface area contributed by atoms with Crippen molar-refractivity contribution < 1.29 is 9.53 Å². The minimum atomic E-state index is -0.159. The molecule has 1 amide bonds. The summed E-state index contributed by atoms with van der Waals surface area (Å²) in [5.41, 5.74) is 1.65. The largest absolute Gasteiger partial charge is 0.466 e. The van der Waals surface area contributed by atoms with E-state index in [9.17, 15) is 4.79 Å². The number of benzene rings is 1. The third-order valence-electron chi connectivity index (χ3n) is 2.53. The van der Waals surface area contributed by atoms with Crippen LogP contribution < -0.4 is 5.01 Å². The summed E-state index contributed by atoms with van der Waals surface area (Å²) in [4.78, 5) is 11.8. The topological polar surface area (TPSA) is 41.9 Å². The molecule has 18 heavy (non-hydrogen) atoms. The Morgan fingerprint density at radius 1 is 1.22 bits per heavy atom. The van der Waals surface area contributed by atoms with E-state index >= 15 is 0 Å². The van der Waals surface area contributed by atoms with E-state index in [0.717, 1.165) is 11.3 Å². The molecule has 0 saturated heterocycles. The highest BCUT2D eigenvalue weighted by Gasteiger charge is 2.23. The monoisotopic (exact) mass is 258 g/mol. The zero-order valence-corrected chi connectivity index (χ0v) is 10.3. The van der Waals surface area contributed by atoms with Crippen LogP contribution in [-0.4, -0.2) is 18.4 Å². The number of nitrogens with zero attached hydrogens (tertiary/aromatic N) is 2. The van der Waals surface area contributed by atoms with Gasteiger partial charge in [-0.3, -0.25) is 4.79 Å². The van der Waals surface area contributed by atoms with E-state index in [-0.39, 0.29) is 12.5 Å². The maximum absolute atomic E-state index is 11.8. The molecule has 0 unspecified atom stereocenters. The number of carbonyl (C=O) groups excluding carboxylic acids is 1. The molecule has 2 aromatic rings. The zero-order valence-electron chi connectivity index (χ0n) is 9.45. The van der Waals surface area contributed by atoms with Crippen molar-refractivity contribution in [1.82, 2.24) is 0 Å². The number of hydrogen-bond acceptors (Lipinski definition) is 4. The van der Waals surface area contributed by atoms with Crippen molar-refractivity contribution in [3.63, 3.8) is 0 Å². The van der Waals surface area contributed by atoms with E-state index in [1.165, 1.54) is 16.3 Å². The van der Waals surface area contributed by atoms with Gasteiger partial charge in [-0.2, -0.15) is 16.3 Å². The van der Waals surface area contributed by atoms with E-state index in [0.29, 0.717) is 5.90 Å². The third-order valence-corrected chi connectivity index (χ3v) is 3.20. The molecule has 1 aliphatic rings. The Morgan fingerprint density at radius 3 is 2.78 bits per heavy atom. The van der Waals surface area contributed by atoms with E-state index in [1.807, 2.05) is 47.2 Å². The average molecular weight is 258 g/mol. The van der Waals surface area contributed by atoms with E-state index in [4.69, 9.17) is 4.74 Å². The van der Waals surface area contributed by atoms with Crippen LogP contribution in [0, 0.1) is 0 Å². The van der Waals surface area contributed by atoms with Gasteiger partial charge in [-0.25, -0.2) is 0 Å². The smallest absolute Gasteiger partial charge is 0.285 e. The van der Waals surface area contributed by atoms with Crippen LogP contribution in [0.3, 0.4) is 0 Å². The molecular weight excluding hydrogens is 248 g/mol. The molecular formula is C13H10N2O2S. The Hall–Kier alpha value is -2.14. The van der Waals surface area contributed by atoms with Crippen LogP contribution in [0.4, 0.5) is 5.69 Å². The fourth-order valence-electron chi connectivity index (χ4n) is 1.67. The molecule has 1 aromatic heterocycles. The summed E-state index contributed by atoms with van der Waals surface area (Å²) in [6.07, 6.45) is 0. The normalized spacial score (nSPS) is 15.2. The molecule has 0 N–H and O–H groups in total. The van der Waals surface area contributed by atoms with Crippen molar-refractivity contribution in [3.05, 3.63) is 52.7 Å². The molecule has 0 bridgehead atoms. The van der Waals surface area contributed by atoms with Gasteiger partial charge in [0.1, 0.15) is 0 Å². The Labute approximate surface area is 108 Å². The summed E-state index contributed by atoms with van der Waals surface area (Å²) < 4.78 is 5.37. The number of hydrazone groups is 1. The molecule has 90 valence electrons. The minimum Gasteiger partial charge on any atom is -0.466 e. The summed E-state index contributed by atoms with van der Waals surface area (Å²) in [6.45, 7) is 0.0174. The van der Waals surface area contributed by atoms with Crippen molar-refractivity contribution in [2.24, 2.45) is 5.10 Å². The first-order valence-electron chi connectivity index (χ1n) is 5.46. The number of ether oxygens (including phenoxy) is 1. The van der Waals surface area contributed by atoms with E-state index < -0.39 is 0 Å². The maximum atomic E-state index is 11.8. The highest BCUT2D eigenvalue weighted by molar-refractivity contribution is 7.08. The van der Waals surface area contributed by atoms with Crippen molar-refractivity contribution in [1.29, 1.82) is 0 Å². The number of rotatable bonds is 2. The lowest BCUT2D eigenvalue weighted by Gasteiger charge is -2.22. The molecule has 0 radical (unpaired) electrons. The third kappa shape index (κ3) is 2.00. The first-order chi connectivity index (χ1) is 8.84. The molecule has 2 heterocycles. The average Bonchev–Trinajstić information content (AvgIpc) is 2.94. The molecule has 0 spiro atoms. The van der Waals surface area contributed by atoms with Gasteiger partial charge in [-0.05, 0) is 23.6 Å². The Bertz CT molecular complexity index is 578. The molecule has 5 heteroatoms. The Kier molecular flexibility index (Phi) is 2.82. The van der Waals surface area contributed by atoms with Crippen LogP contribution in [0.2, 0.25) is 0 Å². The Balaban J connectivity index is 1.97. The molecule has 1 aliphatic heterocycles. The van der Waals surface area contributed by atoms with Gasteiger partial charge in [0, 0.05) is 10.9 Å². The highest BCUT2D eigenvalue weighted by atomic mass is 32.1. The molecule has 0 atom stereocenters. The van der Waals surface area contributed by atoms with Gasteiger partial charge in [0.25, 0.3) is 5.91 Å². The summed E-state index contributed by atoms with van der Waals surface area (Å²) >= 11 is 1.53. The van der Waals surface area contributed by atoms with Gasteiger partial charge in [-0.15, -0.1) is 5.10 Å².